The molecule has 0 aromatic carbocycles. The van der Waals surface area contributed by atoms with Crippen LogP contribution in [0.3, 0.4) is 0 Å². The topological polar surface area (TPSA) is 66.2 Å². The third-order valence-electron chi connectivity index (χ3n) is 4.78. The fraction of sp³-hybridized carbons (Fsp3) is 0.250. The van der Waals surface area contributed by atoms with E-state index >= 15 is 0 Å². The zero-order chi connectivity index (χ0) is 18.6. The Kier molecular flexibility index (Phi) is 5.13. The summed E-state index contributed by atoms with van der Waals surface area (Å²) in [5, 5.41) is 13.5. The van der Waals surface area contributed by atoms with E-state index in [1.54, 1.807) is 18.6 Å². The number of aliphatic hydroxyl groups excluding tert-OH is 1. The molecule has 138 valence electrons. The highest BCUT2D eigenvalue weighted by Crippen LogP contribution is 2.39. The van der Waals surface area contributed by atoms with Crippen molar-refractivity contribution < 1.29 is 5.11 Å². The summed E-state index contributed by atoms with van der Waals surface area (Å²) in [6, 6.07) is 13.9. The number of rotatable bonds is 6. The molecule has 0 saturated carbocycles. The lowest BCUT2D eigenvalue weighted by atomic mass is 10.0. The number of hydrogen-bond donors (Lipinski definition) is 2. The molecule has 2 atom stereocenters. The lowest BCUT2D eigenvalue weighted by Gasteiger charge is -2.28. The van der Waals surface area contributed by atoms with Crippen molar-refractivity contribution in [3.63, 3.8) is 0 Å². The fourth-order valence-corrected chi connectivity index (χ4v) is 3.92. The Morgan fingerprint density at radius 3 is 2.67 bits per heavy atom. The van der Waals surface area contributed by atoms with Gasteiger partial charge in [0.05, 0.1) is 17.8 Å². The first kappa shape index (κ1) is 17.6. The van der Waals surface area contributed by atoms with Gasteiger partial charge in [0.15, 0.2) is 5.11 Å². The van der Waals surface area contributed by atoms with E-state index in [0.717, 1.165) is 17.1 Å². The molecule has 3 aromatic heterocycles. The molecule has 1 fully saturated rings. The Hall–Kier alpha value is -2.77. The smallest absolute Gasteiger partial charge is 0.170 e. The molecule has 4 rings (SSSR count). The molecule has 4 heterocycles. The van der Waals surface area contributed by atoms with Crippen LogP contribution in [0.4, 0.5) is 0 Å². The van der Waals surface area contributed by atoms with Crippen LogP contribution in [0.25, 0.3) is 5.69 Å². The summed E-state index contributed by atoms with van der Waals surface area (Å²) in [7, 11) is 0. The molecule has 6 nitrogen and oxygen atoms in total. The molecule has 27 heavy (non-hydrogen) atoms. The predicted octanol–water partition coefficient (Wildman–Crippen LogP) is 2.62. The minimum absolute atomic E-state index is 0.0258. The highest BCUT2D eigenvalue weighted by Gasteiger charge is 2.40. The Morgan fingerprint density at radius 1 is 1.07 bits per heavy atom. The summed E-state index contributed by atoms with van der Waals surface area (Å²) in [6.07, 6.45) is 8.08. The minimum Gasteiger partial charge on any atom is -0.396 e. The van der Waals surface area contributed by atoms with Crippen molar-refractivity contribution in [3.05, 3.63) is 78.6 Å². The lowest BCUT2D eigenvalue weighted by molar-refractivity contribution is 0.245. The van der Waals surface area contributed by atoms with Gasteiger partial charge >= 0.3 is 0 Å². The van der Waals surface area contributed by atoms with Crippen molar-refractivity contribution >= 4 is 17.3 Å². The number of aliphatic hydroxyl groups is 1. The average Bonchev–Trinajstić information content (AvgIpc) is 3.32. The van der Waals surface area contributed by atoms with Gasteiger partial charge in [0.25, 0.3) is 0 Å². The molecule has 0 aliphatic carbocycles. The number of nitrogens with zero attached hydrogens (tertiary/aromatic N) is 4. The van der Waals surface area contributed by atoms with Crippen molar-refractivity contribution in [1.29, 1.82) is 0 Å². The molecule has 3 aromatic rings. The molecule has 1 aliphatic heterocycles. The van der Waals surface area contributed by atoms with Crippen LogP contribution in [0.1, 0.15) is 29.9 Å². The van der Waals surface area contributed by atoms with E-state index in [-0.39, 0.29) is 18.7 Å². The molecule has 0 amide bonds. The van der Waals surface area contributed by atoms with E-state index in [2.05, 4.69) is 30.8 Å². The average molecular weight is 379 g/mol. The molecule has 0 bridgehead atoms. The van der Waals surface area contributed by atoms with E-state index in [1.807, 2.05) is 42.6 Å². The second kappa shape index (κ2) is 7.85. The zero-order valence-corrected chi connectivity index (χ0v) is 15.6. The largest absolute Gasteiger partial charge is 0.396 e. The maximum Gasteiger partial charge on any atom is 0.170 e. The third-order valence-corrected chi connectivity index (χ3v) is 5.13. The Bertz CT molecular complexity index is 899. The fourth-order valence-electron chi connectivity index (χ4n) is 3.58. The second-order valence-electron chi connectivity index (χ2n) is 6.41. The number of pyridine rings is 2. The summed E-state index contributed by atoms with van der Waals surface area (Å²) in [5.74, 6) is 0. The maximum atomic E-state index is 9.33. The van der Waals surface area contributed by atoms with Crippen LogP contribution in [-0.2, 0) is 0 Å². The lowest BCUT2D eigenvalue weighted by Crippen LogP contribution is -2.31. The summed E-state index contributed by atoms with van der Waals surface area (Å²) >= 11 is 5.63. The van der Waals surface area contributed by atoms with E-state index in [4.69, 9.17) is 12.2 Å². The van der Waals surface area contributed by atoms with Crippen molar-refractivity contribution in [2.45, 2.75) is 18.5 Å². The Balaban J connectivity index is 1.78. The van der Waals surface area contributed by atoms with Crippen LogP contribution in [-0.4, -0.2) is 42.8 Å². The third kappa shape index (κ3) is 3.43. The molecule has 0 spiro atoms. The Morgan fingerprint density at radius 2 is 1.93 bits per heavy atom. The maximum absolute atomic E-state index is 9.33. The molecule has 0 radical (unpaired) electrons. The second-order valence-corrected chi connectivity index (χ2v) is 6.79. The monoisotopic (exact) mass is 379 g/mol. The molecular formula is C20H21N5OS. The van der Waals surface area contributed by atoms with Gasteiger partial charge in [-0.15, -0.1) is 0 Å². The quantitative estimate of drug-likeness (QED) is 0.642. The van der Waals surface area contributed by atoms with E-state index < -0.39 is 0 Å². The van der Waals surface area contributed by atoms with Gasteiger partial charge in [-0.05, 0) is 55.0 Å². The van der Waals surface area contributed by atoms with Crippen LogP contribution in [0.2, 0.25) is 0 Å². The summed E-state index contributed by atoms with van der Waals surface area (Å²) in [4.78, 5) is 10.8. The van der Waals surface area contributed by atoms with Crippen LogP contribution in [0.15, 0.2) is 67.3 Å². The number of aromatic nitrogens is 3. The first-order valence-corrected chi connectivity index (χ1v) is 9.37. The summed E-state index contributed by atoms with van der Waals surface area (Å²) in [5.41, 5.74) is 3.10. The van der Waals surface area contributed by atoms with Crippen LogP contribution in [0, 0.1) is 0 Å². The van der Waals surface area contributed by atoms with Crippen molar-refractivity contribution in [2.75, 3.05) is 13.2 Å². The van der Waals surface area contributed by atoms with Gasteiger partial charge in [-0.2, -0.15) is 0 Å². The molecule has 2 N–H and O–H groups in total. The van der Waals surface area contributed by atoms with Gasteiger partial charge in [0.2, 0.25) is 0 Å². The van der Waals surface area contributed by atoms with Gasteiger partial charge in [-0.3, -0.25) is 9.97 Å². The van der Waals surface area contributed by atoms with Gasteiger partial charge in [-0.1, -0.05) is 6.07 Å². The number of thiocarbonyl (C=S) groups is 1. The van der Waals surface area contributed by atoms with E-state index in [1.165, 1.54) is 0 Å². The van der Waals surface area contributed by atoms with Crippen LogP contribution < -0.4 is 5.32 Å². The molecule has 1 aliphatic rings. The first-order valence-electron chi connectivity index (χ1n) is 8.96. The van der Waals surface area contributed by atoms with E-state index in [9.17, 15) is 5.11 Å². The van der Waals surface area contributed by atoms with Crippen molar-refractivity contribution in [1.82, 2.24) is 24.8 Å². The molecule has 1 saturated heterocycles. The van der Waals surface area contributed by atoms with Crippen LogP contribution >= 0.6 is 12.2 Å². The predicted molar refractivity (Wildman–Crippen MR) is 107 cm³/mol. The van der Waals surface area contributed by atoms with Gasteiger partial charge in [0.1, 0.15) is 0 Å². The Labute approximate surface area is 163 Å². The van der Waals surface area contributed by atoms with Crippen molar-refractivity contribution in [3.8, 4) is 5.69 Å². The van der Waals surface area contributed by atoms with Gasteiger partial charge in [-0.25, -0.2) is 0 Å². The minimum atomic E-state index is -0.0621. The first-order chi connectivity index (χ1) is 13.3. The number of nitrogens with one attached hydrogen (secondary N) is 1. The number of hydrogen-bond acceptors (Lipinski definition) is 4. The highest BCUT2D eigenvalue weighted by atomic mass is 32.1. The molecule has 7 heteroatoms. The summed E-state index contributed by atoms with van der Waals surface area (Å²) < 4.78 is 2.16. The normalized spacial score (nSPS) is 19.3. The zero-order valence-electron chi connectivity index (χ0n) is 14.8. The summed E-state index contributed by atoms with van der Waals surface area (Å²) in [6.45, 7) is 0.809. The standard InChI is InChI=1S/C20H21N5OS/c26-14-4-13-25-19(18(23-20(25)27)16-5-1-2-9-22-16)17-6-3-12-24(17)15-7-10-21-11-8-15/h1-3,5-12,18-19,26H,4,13-14H2,(H,23,27)/t18-,19-/m1/s1. The molecular weight excluding hydrogens is 358 g/mol. The van der Waals surface area contributed by atoms with Crippen LogP contribution in [0.5, 0.6) is 0 Å². The van der Waals surface area contributed by atoms with E-state index in [0.29, 0.717) is 18.1 Å². The van der Waals surface area contributed by atoms with Gasteiger partial charge < -0.3 is 19.9 Å². The van der Waals surface area contributed by atoms with Crippen molar-refractivity contribution in [2.24, 2.45) is 0 Å². The SMILES string of the molecule is OCCCN1C(=S)N[C@H](c2ccccn2)[C@H]1c1cccn1-c1ccncc1. The van der Waals surface area contributed by atoms with Gasteiger partial charge in [0, 0.05) is 49.3 Å². The molecule has 0 unspecified atom stereocenters. The highest BCUT2D eigenvalue weighted by molar-refractivity contribution is 7.80.